The fourth-order valence-corrected chi connectivity index (χ4v) is 2.53. The largest absolute Gasteiger partial charge is 0.466 e. The third kappa shape index (κ3) is 4.07. The quantitative estimate of drug-likeness (QED) is 0.506. The number of rotatable bonds is 6. The summed E-state index contributed by atoms with van der Waals surface area (Å²) in [6, 6.07) is 15.0. The van der Waals surface area contributed by atoms with Gasteiger partial charge in [0, 0.05) is 17.5 Å². The van der Waals surface area contributed by atoms with Crippen LogP contribution in [-0.2, 0) is 9.53 Å². The van der Waals surface area contributed by atoms with E-state index in [0.29, 0.717) is 17.7 Å². The van der Waals surface area contributed by atoms with Gasteiger partial charge in [0.25, 0.3) is 0 Å². The lowest BCUT2D eigenvalue weighted by Gasteiger charge is -2.05. The number of benzene rings is 2. The smallest absolute Gasteiger partial charge is 0.306 e. The standard InChI is InChI=1S/C20H18N2O3/c1-2-25-20(24)11-10-19(23)15-8-9-16-17(12-15)21-13-18(22-16)14-6-4-3-5-7-14/h3-9,12-13H,2,10-11H2,1H3. The summed E-state index contributed by atoms with van der Waals surface area (Å²) in [5.41, 5.74) is 3.68. The zero-order valence-electron chi connectivity index (χ0n) is 13.9. The zero-order chi connectivity index (χ0) is 17.6. The first-order valence-corrected chi connectivity index (χ1v) is 8.18. The van der Waals surface area contributed by atoms with E-state index in [1.165, 1.54) is 0 Å². The summed E-state index contributed by atoms with van der Waals surface area (Å²) >= 11 is 0. The second-order valence-corrected chi connectivity index (χ2v) is 5.55. The molecule has 0 N–H and O–H groups in total. The Hall–Kier alpha value is -3.08. The van der Waals surface area contributed by atoms with Gasteiger partial charge in [0.2, 0.25) is 0 Å². The Morgan fingerprint density at radius 2 is 1.80 bits per heavy atom. The van der Waals surface area contributed by atoms with E-state index in [-0.39, 0.29) is 24.6 Å². The van der Waals surface area contributed by atoms with Gasteiger partial charge in [-0.2, -0.15) is 0 Å². The number of ether oxygens (including phenoxy) is 1. The van der Waals surface area contributed by atoms with E-state index in [9.17, 15) is 9.59 Å². The molecule has 0 aliphatic rings. The van der Waals surface area contributed by atoms with Gasteiger partial charge in [0.1, 0.15) is 0 Å². The molecule has 0 atom stereocenters. The van der Waals surface area contributed by atoms with Crippen LogP contribution in [0.4, 0.5) is 0 Å². The SMILES string of the molecule is CCOC(=O)CCC(=O)c1ccc2nc(-c3ccccc3)cnc2c1. The number of fused-ring (bicyclic) bond motifs is 1. The third-order valence-electron chi connectivity index (χ3n) is 3.80. The molecule has 126 valence electrons. The number of hydrogen-bond donors (Lipinski definition) is 0. The summed E-state index contributed by atoms with van der Waals surface area (Å²) in [5, 5.41) is 0. The zero-order valence-corrected chi connectivity index (χ0v) is 13.9. The van der Waals surface area contributed by atoms with E-state index in [0.717, 1.165) is 16.8 Å². The fourth-order valence-electron chi connectivity index (χ4n) is 2.53. The molecule has 0 amide bonds. The molecule has 0 bridgehead atoms. The molecule has 1 heterocycles. The van der Waals surface area contributed by atoms with Crippen LogP contribution in [-0.4, -0.2) is 28.3 Å². The van der Waals surface area contributed by atoms with Crippen molar-refractivity contribution in [3.63, 3.8) is 0 Å². The van der Waals surface area contributed by atoms with Crippen LogP contribution in [0, 0.1) is 0 Å². The second-order valence-electron chi connectivity index (χ2n) is 5.55. The van der Waals surface area contributed by atoms with E-state index in [1.807, 2.05) is 30.3 Å². The molecular weight excluding hydrogens is 316 g/mol. The summed E-state index contributed by atoms with van der Waals surface area (Å²) < 4.78 is 4.84. The molecule has 0 aliphatic carbocycles. The highest BCUT2D eigenvalue weighted by Gasteiger charge is 2.11. The van der Waals surface area contributed by atoms with Crippen LogP contribution in [0.2, 0.25) is 0 Å². The van der Waals surface area contributed by atoms with Gasteiger partial charge in [-0.3, -0.25) is 14.6 Å². The monoisotopic (exact) mass is 334 g/mol. The summed E-state index contributed by atoms with van der Waals surface area (Å²) in [5.74, 6) is -0.465. The highest BCUT2D eigenvalue weighted by Crippen LogP contribution is 2.20. The Balaban J connectivity index is 1.79. The van der Waals surface area contributed by atoms with Crippen molar-refractivity contribution in [3.05, 3.63) is 60.3 Å². The van der Waals surface area contributed by atoms with Crippen LogP contribution in [0.15, 0.2) is 54.7 Å². The van der Waals surface area contributed by atoms with Gasteiger partial charge >= 0.3 is 5.97 Å². The lowest BCUT2D eigenvalue weighted by Crippen LogP contribution is -2.08. The van der Waals surface area contributed by atoms with Crippen molar-refractivity contribution in [1.29, 1.82) is 0 Å². The molecular formula is C20H18N2O3. The van der Waals surface area contributed by atoms with Crippen molar-refractivity contribution in [2.24, 2.45) is 0 Å². The molecule has 3 rings (SSSR count). The van der Waals surface area contributed by atoms with Gasteiger partial charge in [0.05, 0.1) is 36.0 Å². The van der Waals surface area contributed by atoms with Gasteiger partial charge in [-0.05, 0) is 25.1 Å². The average Bonchev–Trinajstić information content (AvgIpc) is 2.66. The summed E-state index contributed by atoms with van der Waals surface area (Å²) in [6.45, 7) is 2.06. The molecule has 0 saturated heterocycles. The number of esters is 1. The first-order chi connectivity index (χ1) is 12.2. The molecule has 2 aromatic carbocycles. The van der Waals surface area contributed by atoms with Crippen LogP contribution >= 0.6 is 0 Å². The number of aromatic nitrogens is 2. The summed E-state index contributed by atoms with van der Waals surface area (Å²) in [4.78, 5) is 32.6. The fraction of sp³-hybridized carbons (Fsp3) is 0.200. The van der Waals surface area contributed by atoms with Crippen LogP contribution in [0.25, 0.3) is 22.3 Å². The topological polar surface area (TPSA) is 69.2 Å². The van der Waals surface area contributed by atoms with E-state index in [2.05, 4.69) is 9.97 Å². The predicted molar refractivity (Wildman–Crippen MR) is 95.2 cm³/mol. The van der Waals surface area contributed by atoms with E-state index in [1.54, 1.807) is 31.3 Å². The van der Waals surface area contributed by atoms with Crippen molar-refractivity contribution in [2.75, 3.05) is 6.61 Å². The second kappa shape index (κ2) is 7.66. The minimum atomic E-state index is -0.357. The van der Waals surface area contributed by atoms with Crippen LogP contribution in [0.1, 0.15) is 30.1 Å². The summed E-state index contributed by atoms with van der Waals surface area (Å²) in [7, 11) is 0. The van der Waals surface area contributed by atoms with Crippen molar-refractivity contribution < 1.29 is 14.3 Å². The molecule has 3 aromatic rings. The molecule has 0 fully saturated rings. The molecule has 0 radical (unpaired) electrons. The Morgan fingerprint density at radius 1 is 1.00 bits per heavy atom. The van der Waals surface area contributed by atoms with Crippen LogP contribution in [0.5, 0.6) is 0 Å². The van der Waals surface area contributed by atoms with Gasteiger partial charge in [0.15, 0.2) is 5.78 Å². The molecule has 0 aliphatic heterocycles. The minimum Gasteiger partial charge on any atom is -0.466 e. The van der Waals surface area contributed by atoms with Crippen molar-refractivity contribution in [1.82, 2.24) is 9.97 Å². The lowest BCUT2D eigenvalue weighted by atomic mass is 10.1. The third-order valence-corrected chi connectivity index (χ3v) is 3.80. The predicted octanol–water partition coefficient (Wildman–Crippen LogP) is 3.82. The van der Waals surface area contributed by atoms with Crippen LogP contribution in [0.3, 0.4) is 0 Å². The van der Waals surface area contributed by atoms with E-state index >= 15 is 0 Å². The van der Waals surface area contributed by atoms with Gasteiger partial charge in [-0.15, -0.1) is 0 Å². The van der Waals surface area contributed by atoms with Crippen LogP contribution < -0.4 is 0 Å². The molecule has 0 saturated carbocycles. The molecule has 0 unspecified atom stereocenters. The molecule has 5 heteroatoms. The number of carbonyl (C=O) groups is 2. The maximum atomic E-state index is 12.2. The number of carbonyl (C=O) groups excluding carboxylic acids is 2. The average molecular weight is 334 g/mol. The normalized spacial score (nSPS) is 10.6. The molecule has 0 spiro atoms. The molecule has 1 aromatic heterocycles. The number of hydrogen-bond acceptors (Lipinski definition) is 5. The Kier molecular flexibility index (Phi) is 5.14. The Morgan fingerprint density at radius 3 is 2.56 bits per heavy atom. The Bertz CT molecular complexity index is 907. The van der Waals surface area contributed by atoms with E-state index in [4.69, 9.17) is 4.74 Å². The maximum absolute atomic E-state index is 12.2. The Labute approximate surface area is 145 Å². The first-order valence-electron chi connectivity index (χ1n) is 8.18. The highest BCUT2D eigenvalue weighted by molar-refractivity contribution is 6.00. The number of ketones is 1. The van der Waals surface area contributed by atoms with Gasteiger partial charge < -0.3 is 4.74 Å². The maximum Gasteiger partial charge on any atom is 0.306 e. The van der Waals surface area contributed by atoms with Crippen molar-refractivity contribution in [3.8, 4) is 11.3 Å². The van der Waals surface area contributed by atoms with Gasteiger partial charge in [-0.1, -0.05) is 30.3 Å². The number of Topliss-reactive ketones (excluding diaryl/α,β-unsaturated/α-hetero) is 1. The van der Waals surface area contributed by atoms with Crippen molar-refractivity contribution in [2.45, 2.75) is 19.8 Å². The highest BCUT2D eigenvalue weighted by atomic mass is 16.5. The van der Waals surface area contributed by atoms with Gasteiger partial charge in [-0.25, -0.2) is 4.98 Å². The lowest BCUT2D eigenvalue weighted by molar-refractivity contribution is -0.143. The minimum absolute atomic E-state index is 0.0866. The summed E-state index contributed by atoms with van der Waals surface area (Å²) in [6.07, 6.45) is 1.91. The van der Waals surface area contributed by atoms with E-state index < -0.39 is 0 Å². The number of nitrogens with zero attached hydrogens (tertiary/aromatic N) is 2. The molecule has 25 heavy (non-hydrogen) atoms. The van der Waals surface area contributed by atoms with Crippen molar-refractivity contribution >= 4 is 22.8 Å². The molecule has 5 nitrogen and oxygen atoms in total. The first kappa shape index (κ1) is 16.8.